The lowest BCUT2D eigenvalue weighted by atomic mass is 9.76. The van der Waals surface area contributed by atoms with E-state index in [1.54, 1.807) is 24.3 Å². The van der Waals surface area contributed by atoms with Gasteiger partial charge in [0, 0.05) is 23.3 Å². The summed E-state index contributed by atoms with van der Waals surface area (Å²) in [6.45, 7) is 13.1. The van der Waals surface area contributed by atoms with Gasteiger partial charge in [-0.15, -0.1) is 0 Å². The second-order valence-electron chi connectivity index (χ2n) is 10.0. The van der Waals surface area contributed by atoms with Gasteiger partial charge in [-0.25, -0.2) is 0 Å². The van der Waals surface area contributed by atoms with Crippen LogP contribution in [-0.2, 0) is 10.8 Å². The van der Waals surface area contributed by atoms with Gasteiger partial charge in [0.05, 0.1) is 10.6 Å². The Balaban J connectivity index is 2.07. The number of amides is 1. The summed E-state index contributed by atoms with van der Waals surface area (Å²) in [6, 6.07) is 19.2. The Morgan fingerprint density at radius 1 is 0.886 bits per heavy atom. The first kappa shape index (κ1) is 25.9. The second-order valence-corrected chi connectivity index (χ2v) is 10.0. The first-order chi connectivity index (χ1) is 16.5. The van der Waals surface area contributed by atoms with E-state index in [1.807, 2.05) is 12.1 Å². The summed E-state index contributed by atoms with van der Waals surface area (Å²) in [5.74, 6) is 0.636. The van der Waals surface area contributed by atoms with Crippen LogP contribution in [-0.4, -0.2) is 10.8 Å². The molecule has 0 aliphatic heterocycles. The Morgan fingerprint density at radius 2 is 1.51 bits per heavy atom. The Labute approximate surface area is 207 Å². The van der Waals surface area contributed by atoms with Crippen molar-refractivity contribution in [2.75, 3.05) is 5.32 Å². The molecule has 0 bridgehead atoms. The molecule has 0 aliphatic rings. The van der Waals surface area contributed by atoms with E-state index in [0.717, 1.165) is 18.4 Å². The maximum atomic E-state index is 12.8. The molecule has 0 saturated heterocycles. The van der Waals surface area contributed by atoms with Crippen molar-refractivity contribution in [2.45, 2.75) is 65.2 Å². The van der Waals surface area contributed by atoms with E-state index in [9.17, 15) is 14.9 Å². The maximum Gasteiger partial charge on any atom is 0.271 e. The summed E-state index contributed by atoms with van der Waals surface area (Å²) in [7, 11) is 0. The molecule has 0 aliphatic carbocycles. The topological polar surface area (TPSA) is 81.5 Å². The van der Waals surface area contributed by atoms with Crippen LogP contribution >= 0.6 is 0 Å². The highest BCUT2D eigenvalue weighted by Gasteiger charge is 2.27. The van der Waals surface area contributed by atoms with Crippen LogP contribution in [0.3, 0.4) is 0 Å². The van der Waals surface area contributed by atoms with Crippen LogP contribution < -0.4 is 10.1 Å². The minimum absolute atomic E-state index is 0.0132. The molecule has 0 aromatic heterocycles. The van der Waals surface area contributed by atoms with Crippen molar-refractivity contribution in [3.8, 4) is 11.5 Å². The number of hydrogen-bond donors (Lipinski definition) is 1. The quantitative estimate of drug-likeness (QED) is 0.251. The number of nitrogens with one attached hydrogen (secondary N) is 1. The number of ether oxygens (including phenoxy) is 1. The van der Waals surface area contributed by atoms with Gasteiger partial charge in [-0.2, -0.15) is 0 Å². The van der Waals surface area contributed by atoms with Crippen LogP contribution in [0.15, 0.2) is 66.7 Å². The average Bonchev–Trinajstić information content (AvgIpc) is 2.85. The fraction of sp³-hybridized carbons (Fsp3) is 0.345. The van der Waals surface area contributed by atoms with Crippen LogP contribution in [0.2, 0.25) is 0 Å². The number of carbonyl (C=O) groups excluding carboxylic acids is 1. The molecule has 0 radical (unpaired) electrons. The predicted octanol–water partition coefficient (Wildman–Crippen LogP) is 8.01. The summed E-state index contributed by atoms with van der Waals surface area (Å²) in [5, 5.41) is 14.2. The lowest BCUT2D eigenvalue weighted by Gasteiger charge is -2.30. The third-order valence-corrected chi connectivity index (χ3v) is 6.94. The Kier molecular flexibility index (Phi) is 7.64. The molecular formula is C29H34N2O4. The number of anilines is 1. The summed E-state index contributed by atoms with van der Waals surface area (Å²) < 4.78 is 6.36. The number of benzene rings is 3. The van der Waals surface area contributed by atoms with Crippen molar-refractivity contribution in [3.05, 3.63) is 93.5 Å². The Bertz CT molecular complexity index is 1220. The van der Waals surface area contributed by atoms with E-state index < -0.39 is 4.92 Å². The van der Waals surface area contributed by atoms with Crippen molar-refractivity contribution >= 4 is 17.3 Å². The molecule has 1 N–H and O–H groups in total. The van der Waals surface area contributed by atoms with Gasteiger partial charge in [-0.3, -0.25) is 14.9 Å². The van der Waals surface area contributed by atoms with E-state index in [1.165, 1.54) is 23.8 Å². The molecule has 6 heteroatoms. The van der Waals surface area contributed by atoms with Crippen LogP contribution in [0, 0.1) is 10.1 Å². The predicted molar refractivity (Wildman–Crippen MR) is 141 cm³/mol. The number of carbonyl (C=O) groups is 1. The molecule has 3 rings (SSSR count). The van der Waals surface area contributed by atoms with Crippen molar-refractivity contribution in [2.24, 2.45) is 0 Å². The van der Waals surface area contributed by atoms with Crippen molar-refractivity contribution in [1.82, 2.24) is 0 Å². The molecule has 0 heterocycles. The molecule has 0 spiro atoms. The van der Waals surface area contributed by atoms with E-state index in [2.05, 4.69) is 59.0 Å². The fourth-order valence-corrected chi connectivity index (χ4v) is 3.68. The molecular weight excluding hydrogens is 440 g/mol. The zero-order valence-corrected chi connectivity index (χ0v) is 21.3. The lowest BCUT2D eigenvalue weighted by molar-refractivity contribution is -0.384. The maximum absolute atomic E-state index is 12.8. The summed E-state index contributed by atoms with van der Waals surface area (Å²) in [4.78, 5) is 23.7. The smallest absolute Gasteiger partial charge is 0.271 e. The molecule has 0 atom stereocenters. The SMILES string of the molecule is CCC(C)(C)c1ccc(Oc2ccc([N+](=O)[O-])cc2NC(=O)c2ccccc2)c(C(C)(C)CC)c1. The van der Waals surface area contributed by atoms with Crippen molar-refractivity contribution in [3.63, 3.8) is 0 Å². The van der Waals surface area contributed by atoms with Gasteiger partial charge in [-0.1, -0.05) is 71.9 Å². The fourth-order valence-electron chi connectivity index (χ4n) is 3.68. The monoisotopic (exact) mass is 474 g/mol. The number of hydrogen-bond acceptors (Lipinski definition) is 4. The van der Waals surface area contributed by atoms with E-state index in [4.69, 9.17) is 4.74 Å². The number of rotatable bonds is 9. The first-order valence-electron chi connectivity index (χ1n) is 12.0. The first-order valence-corrected chi connectivity index (χ1v) is 12.0. The third kappa shape index (κ3) is 5.88. The standard InChI is InChI=1S/C29H34N2O4/c1-7-28(3,4)21-14-16-25(23(18-21)29(5,6)8-2)35-26-17-15-22(31(33)34)19-24(26)30-27(32)20-12-10-9-11-13-20/h9-19H,7-8H2,1-6H3,(H,30,32). The molecule has 184 valence electrons. The van der Waals surface area contributed by atoms with Gasteiger partial charge < -0.3 is 10.1 Å². The Morgan fingerprint density at radius 3 is 2.11 bits per heavy atom. The molecule has 6 nitrogen and oxygen atoms in total. The van der Waals surface area contributed by atoms with Crippen LogP contribution in [0.5, 0.6) is 11.5 Å². The van der Waals surface area contributed by atoms with Crippen LogP contribution in [0.4, 0.5) is 11.4 Å². The van der Waals surface area contributed by atoms with Gasteiger partial charge in [0.25, 0.3) is 11.6 Å². The number of non-ortho nitro benzene ring substituents is 1. The third-order valence-electron chi connectivity index (χ3n) is 6.94. The highest BCUT2D eigenvalue weighted by Crippen LogP contribution is 2.42. The van der Waals surface area contributed by atoms with E-state index in [-0.39, 0.29) is 28.1 Å². The summed E-state index contributed by atoms with van der Waals surface area (Å²) in [5.41, 5.74) is 2.69. The van der Waals surface area contributed by atoms with Crippen LogP contribution in [0.1, 0.15) is 75.9 Å². The second kappa shape index (κ2) is 10.3. The van der Waals surface area contributed by atoms with Gasteiger partial charge in [-0.05, 0) is 53.5 Å². The molecule has 3 aromatic carbocycles. The van der Waals surface area contributed by atoms with Crippen molar-refractivity contribution in [1.29, 1.82) is 0 Å². The van der Waals surface area contributed by atoms with Gasteiger partial charge in [0.15, 0.2) is 5.75 Å². The normalized spacial score (nSPS) is 11.7. The summed E-state index contributed by atoms with van der Waals surface area (Å²) in [6.07, 6.45) is 1.90. The average molecular weight is 475 g/mol. The molecule has 3 aromatic rings. The molecule has 0 unspecified atom stereocenters. The molecule has 1 amide bonds. The highest BCUT2D eigenvalue weighted by molar-refractivity contribution is 6.05. The lowest BCUT2D eigenvalue weighted by Crippen LogP contribution is -2.21. The van der Waals surface area contributed by atoms with Gasteiger partial charge in [0.2, 0.25) is 0 Å². The molecule has 0 fully saturated rings. The van der Waals surface area contributed by atoms with Crippen LogP contribution in [0.25, 0.3) is 0 Å². The van der Waals surface area contributed by atoms with E-state index >= 15 is 0 Å². The Hall–Kier alpha value is -3.67. The molecule has 0 saturated carbocycles. The molecule has 35 heavy (non-hydrogen) atoms. The number of nitro benzene ring substituents is 1. The summed E-state index contributed by atoms with van der Waals surface area (Å²) >= 11 is 0. The highest BCUT2D eigenvalue weighted by atomic mass is 16.6. The van der Waals surface area contributed by atoms with Crippen molar-refractivity contribution < 1.29 is 14.5 Å². The number of nitrogens with zero attached hydrogens (tertiary/aromatic N) is 1. The zero-order chi connectivity index (χ0) is 25.8. The number of nitro groups is 1. The zero-order valence-electron chi connectivity index (χ0n) is 21.3. The van der Waals surface area contributed by atoms with Gasteiger partial charge >= 0.3 is 0 Å². The van der Waals surface area contributed by atoms with E-state index in [0.29, 0.717) is 17.1 Å². The van der Waals surface area contributed by atoms with Gasteiger partial charge in [0.1, 0.15) is 5.75 Å². The largest absolute Gasteiger partial charge is 0.455 e. The minimum atomic E-state index is -0.491. The minimum Gasteiger partial charge on any atom is -0.455 e.